The number of nitrogens with two attached hydrogens (primary N) is 1. The SMILES string of the molecule is CN1C(=O)C2ON(CCCCCC(N)=O)C(c3ccc(F)cc3)C2C1=O. The van der Waals surface area contributed by atoms with E-state index in [1.54, 1.807) is 17.2 Å². The molecule has 2 fully saturated rings. The third-order valence-electron chi connectivity index (χ3n) is 4.93. The molecule has 2 heterocycles. The number of primary amides is 1. The molecule has 3 rings (SSSR count). The molecule has 2 N–H and O–H groups in total. The van der Waals surface area contributed by atoms with Crippen molar-refractivity contribution in [2.24, 2.45) is 11.7 Å². The zero-order chi connectivity index (χ0) is 18.8. The predicted molar refractivity (Wildman–Crippen MR) is 89.6 cm³/mol. The van der Waals surface area contributed by atoms with Gasteiger partial charge in [0.1, 0.15) is 5.82 Å². The summed E-state index contributed by atoms with van der Waals surface area (Å²) in [6.45, 7) is 0.498. The molecular weight excluding hydrogens is 341 g/mol. The zero-order valence-corrected chi connectivity index (χ0v) is 14.6. The molecule has 26 heavy (non-hydrogen) atoms. The number of carbonyl (C=O) groups is 3. The standard InChI is InChI=1S/C18H22FN3O4/c1-21-17(24)14-15(11-6-8-12(19)9-7-11)22(26-16(14)18(21)25)10-4-2-3-5-13(20)23/h6-9,14-16H,2-5,10H2,1H3,(H2,20,23). The first-order valence-corrected chi connectivity index (χ1v) is 8.68. The number of carbonyl (C=O) groups excluding carboxylic acids is 3. The van der Waals surface area contributed by atoms with E-state index in [1.165, 1.54) is 19.2 Å². The summed E-state index contributed by atoms with van der Waals surface area (Å²) in [6, 6.07) is 5.44. The van der Waals surface area contributed by atoms with Gasteiger partial charge in [-0.2, -0.15) is 5.06 Å². The maximum atomic E-state index is 13.3. The second-order valence-electron chi connectivity index (χ2n) is 6.70. The van der Waals surface area contributed by atoms with Crippen LogP contribution in [0.3, 0.4) is 0 Å². The van der Waals surface area contributed by atoms with Crippen LogP contribution in [0.5, 0.6) is 0 Å². The van der Waals surface area contributed by atoms with Crippen molar-refractivity contribution in [1.82, 2.24) is 9.96 Å². The van der Waals surface area contributed by atoms with Crippen LogP contribution in [0.25, 0.3) is 0 Å². The van der Waals surface area contributed by atoms with Crippen LogP contribution in [0.1, 0.15) is 37.3 Å². The summed E-state index contributed by atoms with van der Waals surface area (Å²) in [6.07, 6.45) is 1.67. The molecule has 0 radical (unpaired) electrons. The van der Waals surface area contributed by atoms with Crippen molar-refractivity contribution >= 4 is 17.7 Å². The van der Waals surface area contributed by atoms with Crippen LogP contribution >= 0.6 is 0 Å². The van der Waals surface area contributed by atoms with E-state index < -0.39 is 18.1 Å². The third-order valence-corrected chi connectivity index (χ3v) is 4.93. The van der Waals surface area contributed by atoms with Gasteiger partial charge in [-0.15, -0.1) is 0 Å². The molecule has 7 nitrogen and oxygen atoms in total. The van der Waals surface area contributed by atoms with E-state index in [1.807, 2.05) is 0 Å². The molecule has 3 amide bonds. The van der Waals surface area contributed by atoms with Gasteiger partial charge in [0.25, 0.3) is 5.91 Å². The highest BCUT2D eigenvalue weighted by molar-refractivity contribution is 6.07. The number of hydrogen-bond donors (Lipinski definition) is 1. The molecule has 8 heteroatoms. The van der Waals surface area contributed by atoms with Gasteiger partial charge in [-0.05, 0) is 30.5 Å². The Kier molecular flexibility index (Phi) is 5.33. The number of unbranched alkanes of at least 4 members (excludes halogenated alkanes) is 2. The molecule has 1 aromatic carbocycles. The van der Waals surface area contributed by atoms with Crippen molar-refractivity contribution in [2.45, 2.75) is 37.8 Å². The summed E-state index contributed by atoms with van der Waals surface area (Å²) >= 11 is 0. The van der Waals surface area contributed by atoms with E-state index >= 15 is 0 Å². The van der Waals surface area contributed by atoms with Crippen LogP contribution in [-0.4, -0.2) is 47.4 Å². The fraction of sp³-hybridized carbons (Fsp3) is 0.500. The highest BCUT2D eigenvalue weighted by Gasteiger charge is 2.58. The fourth-order valence-corrected chi connectivity index (χ4v) is 3.58. The minimum absolute atomic E-state index is 0.287. The molecule has 3 unspecified atom stereocenters. The van der Waals surface area contributed by atoms with E-state index in [0.29, 0.717) is 19.4 Å². The number of benzene rings is 1. The van der Waals surface area contributed by atoms with Crippen molar-refractivity contribution in [1.29, 1.82) is 0 Å². The van der Waals surface area contributed by atoms with Crippen molar-refractivity contribution in [3.8, 4) is 0 Å². The van der Waals surface area contributed by atoms with E-state index in [2.05, 4.69) is 0 Å². The van der Waals surface area contributed by atoms with Crippen LogP contribution in [0, 0.1) is 11.7 Å². The molecule has 0 aromatic heterocycles. The first-order valence-electron chi connectivity index (χ1n) is 8.68. The molecule has 0 bridgehead atoms. The molecular formula is C18H22FN3O4. The largest absolute Gasteiger partial charge is 0.370 e. The van der Waals surface area contributed by atoms with Crippen molar-refractivity contribution < 1.29 is 23.6 Å². The lowest BCUT2D eigenvalue weighted by Gasteiger charge is -2.26. The Hall–Kier alpha value is -2.32. The first-order chi connectivity index (χ1) is 12.4. The topological polar surface area (TPSA) is 92.9 Å². The second kappa shape index (κ2) is 7.51. The Morgan fingerprint density at radius 3 is 2.50 bits per heavy atom. The molecule has 2 aliphatic heterocycles. The van der Waals surface area contributed by atoms with Crippen molar-refractivity contribution in [2.75, 3.05) is 13.6 Å². The Bertz CT molecular complexity index is 709. The van der Waals surface area contributed by atoms with Gasteiger partial charge in [0.15, 0.2) is 6.10 Å². The number of hydrogen-bond acceptors (Lipinski definition) is 5. The zero-order valence-electron chi connectivity index (χ0n) is 14.6. The number of nitrogens with zero attached hydrogens (tertiary/aromatic N) is 2. The summed E-state index contributed by atoms with van der Waals surface area (Å²) in [5.74, 6) is -1.98. The second-order valence-corrected chi connectivity index (χ2v) is 6.70. The van der Waals surface area contributed by atoms with Gasteiger partial charge in [-0.1, -0.05) is 18.6 Å². The molecule has 0 aliphatic carbocycles. The lowest BCUT2D eigenvalue weighted by molar-refractivity contribution is -0.179. The number of likely N-dealkylation sites (N-methyl/N-ethyl adjacent to an activating group) is 1. The van der Waals surface area contributed by atoms with Gasteiger partial charge in [0.05, 0.1) is 12.0 Å². The highest BCUT2D eigenvalue weighted by Crippen LogP contribution is 2.44. The average Bonchev–Trinajstić information content (AvgIpc) is 3.07. The maximum Gasteiger partial charge on any atom is 0.261 e. The van der Waals surface area contributed by atoms with Crippen LogP contribution in [-0.2, 0) is 19.2 Å². The summed E-state index contributed by atoms with van der Waals surface area (Å²) < 4.78 is 13.3. The van der Waals surface area contributed by atoms with Crippen LogP contribution in [0.4, 0.5) is 4.39 Å². The summed E-state index contributed by atoms with van der Waals surface area (Å²) in [4.78, 5) is 42.5. The van der Waals surface area contributed by atoms with Gasteiger partial charge in [-0.25, -0.2) is 4.39 Å². The Morgan fingerprint density at radius 2 is 1.85 bits per heavy atom. The fourth-order valence-electron chi connectivity index (χ4n) is 3.58. The van der Waals surface area contributed by atoms with E-state index in [0.717, 1.165) is 23.3 Å². The highest BCUT2D eigenvalue weighted by atomic mass is 19.1. The lowest BCUT2D eigenvalue weighted by atomic mass is 9.90. The molecule has 0 spiro atoms. The summed E-state index contributed by atoms with van der Waals surface area (Å²) in [5.41, 5.74) is 5.86. The smallest absolute Gasteiger partial charge is 0.261 e. The average molecular weight is 363 g/mol. The first kappa shape index (κ1) is 18.5. The van der Waals surface area contributed by atoms with Gasteiger partial charge < -0.3 is 5.73 Å². The van der Waals surface area contributed by atoms with Gasteiger partial charge in [0.2, 0.25) is 11.8 Å². The monoisotopic (exact) mass is 363 g/mol. The van der Waals surface area contributed by atoms with E-state index in [-0.39, 0.29) is 23.5 Å². The Labute approximate surface area is 150 Å². The van der Waals surface area contributed by atoms with Gasteiger partial charge in [-0.3, -0.25) is 24.1 Å². The number of amides is 3. The number of rotatable bonds is 7. The third kappa shape index (κ3) is 3.47. The molecule has 2 saturated heterocycles. The number of fused-ring (bicyclic) bond motifs is 1. The molecule has 0 saturated carbocycles. The maximum absolute atomic E-state index is 13.3. The number of likely N-dealkylation sites (tertiary alicyclic amines) is 1. The molecule has 1 aromatic rings. The minimum Gasteiger partial charge on any atom is -0.370 e. The Morgan fingerprint density at radius 1 is 1.15 bits per heavy atom. The van der Waals surface area contributed by atoms with Crippen LogP contribution < -0.4 is 5.73 Å². The molecule has 2 aliphatic rings. The van der Waals surface area contributed by atoms with Gasteiger partial charge in [0, 0.05) is 20.0 Å². The van der Waals surface area contributed by atoms with Gasteiger partial charge >= 0.3 is 0 Å². The summed E-state index contributed by atoms with van der Waals surface area (Å²) in [7, 11) is 1.45. The normalized spacial score (nSPS) is 25.8. The van der Waals surface area contributed by atoms with Crippen molar-refractivity contribution in [3.63, 3.8) is 0 Å². The summed E-state index contributed by atoms with van der Waals surface area (Å²) in [5, 5.41) is 1.65. The predicted octanol–water partition coefficient (Wildman–Crippen LogP) is 1.14. The van der Waals surface area contributed by atoms with E-state index in [4.69, 9.17) is 10.6 Å². The van der Waals surface area contributed by atoms with E-state index in [9.17, 15) is 18.8 Å². The molecule has 140 valence electrons. The lowest BCUT2D eigenvalue weighted by Crippen LogP contribution is -2.35. The van der Waals surface area contributed by atoms with Crippen LogP contribution in [0.2, 0.25) is 0 Å². The number of imide groups is 1. The Balaban J connectivity index is 1.75. The minimum atomic E-state index is -0.840. The van der Waals surface area contributed by atoms with Crippen LogP contribution in [0.15, 0.2) is 24.3 Å². The van der Waals surface area contributed by atoms with Crippen molar-refractivity contribution in [3.05, 3.63) is 35.6 Å². The number of halogens is 1. The quantitative estimate of drug-likeness (QED) is 0.579. The number of hydroxylamine groups is 2. The molecule has 3 atom stereocenters.